The van der Waals surface area contributed by atoms with Crippen molar-refractivity contribution in [2.45, 2.75) is 32.3 Å². The van der Waals surface area contributed by atoms with Crippen LogP contribution in [-0.2, 0) is 16.1 Å². The molecule has 3 rings (SSSR count). The topological polar surface area (TPSA) is 49.9 Å². The third-order valence-corrected chi connectivity index (χ3v) is 5.63. The third kappa shape index (κ3) is 3.66. The molecule has 2 amide bonds. The monoisotopic (exact) mass is 350 g/mol. The Hall–Kier alpha value is -1.75. The smallest absolute Gasteiger partial charge is 0.410 e. The first-order valence-corrected chi connectivity index (χ1v) is 8.76. The van der Waals surface area contributed by atoms with Crippen molar-refractivity contribution in [2.75, 3.05) is 26.7 Å². The van der Waals surface area contributed by atoms with Crippen LogP contribution in [0.15, 0.2) is 24.3 Å². The molecule has 0 atom stereocenters. The second-order valence-corrected chi connectivity index (χ2v) is 7.29. The summed E-state index contributed by atoms with van der Waals surface area (Å²) >= 11 is 6.08. The maximum atomic E-state index is 12.3. The minimum atomic E-state index is -0.287. The molecule has 2 aliphatic rings. The molecule has 0 bridgehead atoms. The number of rotatable bonds is 2. The lowest BCUT2D eigenvalue weighted by Gasteiger charge is -2.46. The molecule has 0 aliphatic carbocycles. The highest BCUT2D eigenvalue weighted by molar-refractivity contribution is 6.31. The number of benzene rings is 1. The first-order chi connectivity index (χ1) is 11.5. The predicted molar refractivity (Wildman–Crippen MR) is 91.7 cm³/mol. The van der Waals surface area contributed by atoms with E-state index in [0.717, 1.165) is 31.4 Å². The molecule has 0 N–H and O–H groups in total. The molecule has 1 aromatic rings. The van der Waals surface area contributed by atoms with Crippen molar-refractivity contribution in [3.63, 3.8) is 0 Å². The van der Waals surface area contributed by atoms with Gasteiger partial charge in [-0.25, -0.2) is 4.79 Å². The molecule has 0 saturated carbocycles. The van der Waals surface area contributed by atoms with Gasteiger partial charge < -0.3 is 14.5 Å². The van der Waals surface area contributed by atoms with Crippen LogP contribution < -0.4 is 0 Å². The van der Waals surface area contributed by atoms with Gasteiger partial charge in [-0.3, -0.25) is 4.79 Å². The Bertz CT molecular complexity index is 626. The molecule has 2 aliphatic heterocycles. The van der Waals surface area contributed by atoms with Gasteiger partial charge in [0.1, 0.15) is 6.61 Å². The van der Waals surface area contributed by atoms with E-state index >= 15 is 0 Å². The van der Waals surface area contributed by atoms with Gasteiger partial charge in [-0.15, -0.1) is 0 Å². The fourth-order valence-corrected chi connectivity index (χ4v) is 3.84. The quantitative estimate of drug-likeness (QED) is 0.822. The van der Waals surface area contributed by atoms with E-state index in [4.69, 9.17) is 16.3 Å². The Kier molecular flexibility index (Phi) is 4.99. The van der Waals surface area contributed by atoms with E-state index in [-0.39, 0.29) is 24.0 Å². The van der Waals surface area contributed by atoms with E-state index in [2.05, 4.69) is 0 Å². The van der Waals surface area contributed by atoms with Crippen LogP contribution in [0.1, 0.15) is 31.2 Å². The second kappa shape index (κ2) is 7.01. The molecule has 24 heavy (non-hydrogen) atoms. The average Bonchev–Trinajstić information content (AvgIpc) is 2.58. The second-order valence-electron chi connectivity index (χ2n) is 6.88. The van der Waals surface area contributed by atoms with Crippen LogP contribution >= 0.6 is 11.6 Å². The zero-order valence-corrected chi connectivity index (χ0v) is 14.7. The van der Waals surface area contributed by atoms with E-state index < -0.39 is 0 Å². The minimum Gasteiger partial charge on any atom is -0.444 e. The van der Waals surface area contributed by atoms with Crippen molar-refractivity contribution < 1.29 is 14.3 Å². The lowest BCUT2D eigenvalue weighted by molar-refractivity contribution is -0.137. The van der Waals surface area contributed by atoms with Crippen molar-refractivity contribution in [1.29, 1.82) is 0 Å². The predicted octanol–water partition coefficient (Wildman–Crippen LogP) is 3.31. The number of amides is 2. The number of carbonyl (C=O) groups excluding carboxylic acids is 2. The van der Waals surface area contributed by atoms with Crippen LogP contribution in [0.25, 0.3) is 0 Å². The van der Waals surface area contributed by atoms with Crippen molar-refractivity contribution >= 4 is 23.6 Å². The molecule has 2 fully saturated rings. The average molecular weight is 351 g/mol. The standard InChI is InChI=1S/C18H23ClN2O3/c1-20-13-18(7-6-16(20)22)8-10-21(11-9-18)17(23)24-12-14-4-2-3-5-15(14)19/h2-5H,6-13H2,1H3. The lowest BCUT2D eigenvalue weighted by atomic mass is 9.72. The van der Waals surface area contributed by atoms with E-state index in [1.165, 1.54) is 0 Å². The Labute approximate surface area is 147 Å². The molecule has 2 saturated heterocycles. The number of hydrogen-bond acceptors (Lipinski definition) is 3. The van der Waals surface area contributed by atoms with E-state index in [0.29, 0.717) is 24.5 Å². The van der Waals surface area contributed by atoms with Crippen LogP contribution in [-0.4, -0.2) is 48.5 Å². The SMILES string of the molecule is CN1CC2(CCC1=O)CCN(C(=O)OCc1ccccc1Cl)CC2. The highest BCUT2D eigenvalue weighted by atomic mass is 35.5. The summed E-state index contributed by atoms with van der Waals surface area (Å²) in [5, 5.41) is 0.609. The number of likely N-dealkylation sites (tertiary alicyclic amines) is 2. The van der Waals surface area contributed by atoms with Gasteiger partial charge in [-0.05, 0) is 30.7 Å². The summed E-state index contributed by atoms with van der Waals surface area (Å²) in [6, 6.07) is 7.37. The van der Waals surface area contributed by atoms with Gasteiger partial charge >= 0.3 is 6.09 Å². The van der Waals surface area contributed by atoms with Crippen LogP contribution in [0.3, 0.4) is 0 Å². The summed E-state index contributed by atoms with van der Waals surface area (Å²) in [4.78, 5) is 27.5. The highest BCUT2D eigenvalue weighted by Gasteiger charge is 2.40. The van der Waals surface area contributed by atoms with Gasteiger partial charge in [0.25, 0.3) is 0 Å². The molecule has 130 valence electrons. The maximum Gasteiger partial charge on any atom is 0.410 e. The summed E-state index contributed by atoms with van der Waals surface area (Å²) in [6.07, 6.45) is 3.11. The number of piperidine rings is 2. The maximum absolute atomic E-state index is 12.3. The molecule has 0 radical (unpaired) electrons. The molecule has 0 aromatic heterocycles. The molecule has 0 unspecified atom stereocenters. The van der Waals surface area contributed by atoms with Crippen LogP contribution in [0.5, 0.6) is 0 Å². The summed E-state index contributed by atoms with van der Waals surface area (Å²) in [7, 11) is 1.87. The third-order valence-electron chi connectivity index (χ3n) is 5.26. The normalized spacial score (nSPS) is 20.3. The number of ether oxygens (including phenoxy) is 1. The van der Waals surface area contributed by atoms with Crippen molar-refractivity contribution in [3.8, 4) is 0 Å². The molecule has 2 heterocycles. The molecular weight excluding hydrogens is 328 g/mol. The Morgan fingerprint density at radius 2 is 1.96 bits per heavy atom. The summed E-state index contributed by atoms with van der Waals surface area (Å²) in [5.74, 6) is 0.224. The van der Waals surface area contributed by atoms with E-state index in [9.17, 15) is 9.59 Å². The molecule has 1 aromatic carbocycles. The highest BCUT2D eigenvalue weighted by Crippen LogP contribution is 2.39. The molecule has 1 spiro atoms. The zero-order chi connectivity index (χ0) is 17.2. The van der Waals surface area contributed by atoms with Crippen molar-refractivity contribution in [2.24, 2.45) is 5.41 Å². The Morgan fingerprint density at radius 3 is 2.62 bits per heavy atom. The largest absolute Gasteiger partial charge is 0.444 e. The fourth-order valence-electron chi connectivity index (χ4n) is 3.65. The van der Waals surface area contributed by atoms with Crippen LogP contribution in [0.2, 0.25) is 5.02 Å². The van der Waals surface area contributed by atoms with Gasteiger partial charge in [-0.1, -0.05) is 29.8 Å². The zero-order valence-electron chi connectivity index (χ0n) is 14.0. The Morgan fingerprint density at radius 1 is 1.25 bits per heavy atom. The summed E-state index contributed by atoms with van der Waals surface area (Å²) < 4.78 is 5.40. The summed E-state index contributed by atoms with van der Waals surface area (Å²) in [6.45, 7) is 2.36. The first kappa shape index (κ1) is 17.1. The Balaban J connectivity index is 1.50. The van der Waals surface area contributed by atoms with Crippen LogP contribution in [0, 0.1) is 5.41 Å². The van der Waals surface area contributed by atoms with Crippen molar-refractivity contribution in [3.05, 3.63) is 34.9 Å². The summed E-state index contributed by atoms with van der Waals surface area (Å²) in [5.41, 5.74) is 0.982. The number of halogens is 1. The molecule has 6 heteroatoms. The van der Waals surface area contributed by atoms with Crippen molar-refractivity contribution in [1.82, 2.24) is 9.80 Å². The first-order valence-electron chi connectivity index (χ1n) is 8.38. The van der Waals surface area contributed by atoms with E-state index in [1.54, 1.807) is 11.0 Å². The van der Waals surface area contributed by atoms with E-state index in [1.807, 2.05) is 30.1 Å². The van der Waals surface area contributed by atoms with Gasteiger partial charge in [0, 0.05) is 43.7 Å². The van der Waals surface area contributed by atoms with Gasteiger partial charge in [-0.2, -0.15) is 0 Å². The number of hydrogen-bond donors (Lipinski definition) is 0. The number of nitrogens with zero attached hydrogens (tertiary/aromatic N) is 2. The molecule has 5 nitrogen and oxygen atoms in total. The van der Waals surface area contributed by atoms with Gasteiger partial charge in [0.05, 0.1) is 0 Å². The van der Waals surface area contributed by atoms with Crippen LogP contribution in [0.4, 0.5) is 4.79 Å². The lowest BCUT2D eigenvalue weighted by Crippen LogP contribution is -2.51. The molecular formula is C18H23ClN2O3. The minimum absolute atomic E-state index is 0.169. The van der Waals surface area contributed by atoms with Gasteiger partial charge in [0.2, 0.25) is 5.91 Å². The van der Waals surface area contributed by atoms with Gasteiger partial charge in [0.15, 0.2) is 0 Å². The fraction of sp³-hybridized carbons (Fsp3) is 0.556. The number of carbonyl (C=O) groups is 2.